The van der Waals surface area contributed by atoms with Gasteiger partial charge >= 0.3 is 0 Å². The first-order valence-corrected chi connectivity index (χ1v) is 27.8. The third kappa shape index (κ3) is 7.92. The molecule has 4 heteroatoms. The zero-order valence-electron chi connectivity index (χ0n) is 47.5. The van der Waals surface area contributed by atoms with Crippen LogP contribution in [0.3, 0.4) is 0 Å². The average molecular weight is 992 g/mol. The smallest absolute Gasteiger partial charge is 0.252 e. The molecule has 0 bridgehead atoms. The zero-order valence-corrected chi connectivity index (χ0v) is 47.5. The van der Waals surface area contributed by atoms with Gasteiger partial charge in [0.25, 0.3) is 6.71 Å². The molecule has 0 aromatic heterocycles. The second-order valence-corrected chi connectivity index (χ2v) is 25.9. The molecule has 9 aromatic rings. The largest absolute Gasteiger partial charge is 0.311 e. The third-order valence-electron chi connectivity index (χ3n) is 17.7. The van der Waals surface area contributed by atoms with Crippen molar-refractivity contribution < 1.29 is 0 Å². The van der Waals surface area contributed by atoms with E-state index >= 15 is 0 Å². The summed E-state index contributed by atoms with van der Waals surface area (Å²) >= 11 is 0. The molecule has 0 unspecified atom stereocenters. The van der Waals surface area contributed by atoms with Gasteiger partial charge in [-0.15, -0.1) is 0 Å². The van der Waals surface area contributed by atoms with Crippen LogP contribution >= 0.6 is 0 Å². The van der Waals surface area contributed by atoms with E-state index in [0.29, 0.717) is 0 Å². The Morgan fingerprint density at radius 2 is 0.961 bits per heavy atom. The van der Waals surface area contributed by atoms with Gasteiger partial charge in [-0.1, -0.05) is 191 Å². The molecule has 2 heterocycles. The van der Waals surface area contributed by atoms with Crippen LogP contribution in [0.15, 0.2) is 170 Å². The molecule has 2 aliphatic heterocycles. The molecule has 3 aliphatic rings. The maximum Gasteiger partial charge on any atom is 0.252 e. The Morgan fingerprint density at radius 1 is 0.447 bits per heavy atom. The molecule has 0 fully saturated rings. The van der Waals surface area contributed by atoms with Gasteiger partial charge in [-0.05, 0) is 188 Å². The fraction of sp³-hybridized carbons (Fsp3) is 0.278. The van der Waals surface area contributed by atoms with Crippen molar-refractivity contribution in [1.29, 1.82) is 0 Å². The molecule has 9 aromatic carbocycles. The lowest BCUT2D eigenvalue weighted by molar-refractivity contribution is 0.332. The Labute approximate surface area is 454 Å². The number of fused-ring (bicyclic) bond motifs is 6. The molecule has 0 N–H and O–H groups in total. The fourth-order valence-corrected chi connectivity index (χ4v) is 13.3. The Balaban J connectivity index is 1.22. The summed E-state index contributed by atoms with van der Waals surface area (Å²) in [6.45, 7) is 33.2. The van der Waals surface area contributed by atoms with E-state index in [1.54, 1.807) is 0 Å². The molecule has 3 nitrogen and oxygen atoms in total. The standard InChI is InChI=1S/C72H74BN3/c1-45-22-20-23-46(2)67(45)75-61-42-54(74(53-33-31-51(32-34-53)69(5,6)7)60-37-30-49-26-18-19-29-55(49)65(60)50-27-16-15-17-28-50)35-36-58(61)73-59-43-56-57(72(13,14)39-38-71(56,11)12)44-62(59)76(68-47(3)24-21-25-48(68)4)64-41-52(70(8,9)10)40-63(75)66(64)73/h15-37,40-44H,38-39H2,1-14H3. The number of anilines is 9. The van der Waals surface area contributed by atoms with Crippen LogP contribution < -0.4 is 31.1 Å². The fourth-order valence-electron chi connectivity index (χ4n) is 13.3. The van der Waals surface area contributed by atoms with Gasteiger partial charge in [0.05, 0.1) is 17.1 Å². The zero-order chi connectivity index (χ0) is 53.4. The molecule has 76 heavy (non-hydrogen) atoms. The number of para-hydroxylation sites is 2. The minimum Gasteiger partial charge on any atom is -0.311 e. The van der Waals surface area contributed by atoms with Crippen molar-refractivity contribution in [2.75, 3.05) is 14.7 Å². The summed E-state index contributed by atoms with van der Waals surface area (Å²) in [7, 11) is 0. The van der Waals surface area contributed by atoms with E-state index in [9.17, 15) is 0 Å². The lowest BCUT2D eigenvalue weighted by Crippen LogP contribution is -2.62. The summed E-state index contributed by atoms with van der Waals surface area (Å²) in [5, 5.41) is 2.46. The molecule has 0 saturated carbocycles. The van der Waals surface area contributed by atoms with Crippen LogP contribution in [0.2, 0.25) is 0 Å². The predicted octanol–water partition coefficient (Wildman–Crippen LogP) is 18.2. The summed E-state index contributed by atoms with van der Waals surface area (Å²) in [5.74, 6) is 0. The van der Waals surface area contributed by atoms with E-state index in [1.165, 1.54) is 117 Å². The Bertz CT molecular complexity index is 3750. The minimum absolute atomic E-state index is 0.00533. The van der Waals surface area contributed by atoms with E-state index < -0.39 is 0 Å². The van der Waals surface area contributed by atoms with E-state index in [2.05, 4.69) is 281 Å². The summed E-state index contributed by atoms with van der Waals surface area (Å²) < 4.78 is 0. The molecule has 1 aliphatic carbocycles. The maximum atomic E-state index is 2.69. The molecule has 0 atom stereocenters. The second kappa shape index (κ2) is 17.6. The highest BCUT2D eigenvalue weighted by molar-refractivity contribution is 7.00. The Hall–Kier alpha value is -7.30. The van der Waals surface area contributed by atoms with Crippen molar-refractivity contribution >= 4 is 85.1 Å². The molecular weight excluding hydrogens is 918 g/mol. The molecule has 0 saturated heterocycles. The predicted molar refractivity (Wildman–Crippen MR) is 330 cm³/mol. The van der Waals surface area contributed by atoms with Gasteiger partial charge in [-0.3, -0.25) is 0 Å². The number of hydrogen-bond acceptors (Lipinski definition) is 3. The first kappa shape index (κ1) is 49.6. The number of nitrogens with zero attached hydrogens (tertiary/aromatic N) is 3. The summed E-state index contributed by atoms with van der Waals surface area (Å²) in [4.78, 5) is 7.90. The van der Waals surface area contributed by atoms with Crippen LogP contribution in [0.5, 0.6) is 0 Å². The Kier molecular flexibility index (Phi) is 11.5. The monoisotopic (exact) mass is 992 g/mol. The average Bonchev–Trinajstić information content (AvgIpc) is 3.43. The van der Waals surface area contributed by atoms with Crippen molar-refractivity contribution in [3.8, 4) is 11.1 Å². The number of benzene rings is 9. The Morgan fingerprint density at radius 3 is 1.53 bits per heavy atom. The van der Waals surface area contributed by atoms with Crippen molar-refractivity contribution in [2.45, 2.75) is 131 Å². The summed E-state index contributed by atoms with van der Waals surface area (Å²) in [5.41, 5.74) is 28.0. The third-order valence-corrected chi connectivity index (χ3v) is 17.7. The van der Waals surface area contributed by atoms with Gasteiger partial charge in [0.2, 0.25) is 0 Å². The highest BCUT2D eigenvalue weighted by atomic mass is 15.2. The van der Waals surface area contributed by atoms with Crippen LogP contribution in [0.1, 0.15) is 127 Å². The van der Waals surface area contributed by atoms with E-state index in [4.69, 9.17) is 0 Å². The normalized spacial score (nSPS) is 15.3. The molecule has 12 rings (SSSR count). The number of aryl methyl sites for hydroxylation is 4. The number of rotatable bonds is 6. The van der Waals surface area contributed by atoms with Gasteiger partial charge in [-0.25, -0.2) is 0 Å². The highest BCUT2D eigenvalue weighted by Gasteiger charge is 2.48. The van der Waals surface area contributed by atoms with E-state index in [-0.39, 0.29) is 28.4 Å². The molecular formula is C72H74BN3. The van der Waals surface area contributed by atoms with Crippen molar-refractivity contribution in [2.24, 2.45) is 0 Å². The highest BCUT2D eigenvalue weighted by Crippen LogP contribution is 2.53. The van der Waals surface area contributed by atoms with E-state index in [1.807, 2.05) is 0 Å². The van der Waals surface area contributed by atoms with Crippen molar-refractivity contribution in [1.82, 2.24) is 0 Å². The minimum atomic E-state index is -0.149. The lowest BCUT2D eigenvalue weighted by atomic mass is 9.33. The lowest BCUT2D eigenvalue weighted by Gasteiger charge is -2.48. The SMILES string of the molecule is Cc1cccc(C)c1N1c2cc(N(c3ccc(C(C)(C)C)cc3)c3ccc4ccccc4c3-c3ccccc3)ccc2B2c3cc4c(cc3N(c3c(C)cccc3C)c3cc(C(C)(C)C)cc1c32)C(C)(C)CCC4(C)C. The summed E-state index contributed by atoms with van der Waals surface area (Å²) in [6, 6.07) is 65.5. The van der Waals surface area contributed by atoms with Crippen LogP contribution in [0.4, 0.5) is 51.2 Å². The van der Waals surface area contributed by atoms with Gasteiger partial charge in [0.15, 0.2) is 0 Å². The quantitative estimate of drug-likeness (QED) is 0.154. The van der Waals surface area contributed by atoms with Crippen molar-refractivity contribution in [3.63, 3.8) is 0 Å². The van der Waals surface area contributed by atoms with Crippen LogP contribution in [0, 0.1) is 27.7 Å². The van der Waals surface area contributed by atoms with Crippen molar-refractivity contribution in [3.05, 3.63) is 214 Å². The van der Waals surface area contributed by atoms with Crippen LogP contribution in [-0.4, -0.2) is 6.71 Å². The second-order valence-electron chi connectivity index (χ2n) is 25.9. The van der Waals surface area contributed by atoms with Gasteiger partial charge in [-0.2, -0.15) is 0 Å². The molecule has 0 radical (unpaired) electrons. The van der Waals surface area contributed by atoms with Crippen LogP contribution in [0.25, 0.3) is 21.9 Å². The summed E-state index contributed by atoms with van der Waals surface area (Å²) in [6.07, 6.45) is 2.31. The first-order chi connectivity index (χ1) is 36.1. The number of hydrogen-bond donors (Lipinski definition) is 0. The molecule has 0 amide bonds. The van der Waals surface area contributed by atoms with Gasteiger partial charge in [0, 0.05) is 39.7 Å². The topological polar surface area (TPSA) is 9.72 Å². The van der Waals surface area contributed by atoms with E-state index in [0.717, 1.165) is 29.9 Å². The molecule has 0 spiro atoms. The van der Waals surface area contributed by atoms with Crippen LogP contribution in [-0.2, 0) is 21.7 Å². The first-order valence-electron chi connectivity index (χ1n) is 27.8. The van der Waals surface area contributed by atoms with Gasteiger partial charge in [0.1, 0.15) is 0 Å². The maximum absolute atomic E-state index is 2.69. The molecule has 380 valence electrons. The van der Waals surface area contributed by atoms with Gasteiger partial charge < -0.3 is 14.7 Å².